The number of carbonyl (C=O) groups excluding carboxylic acids is 2. The van der Waals surface area contributed by atoms with Crippen LogP contribution in [0.15, 0.2) is 18.2 Å². The van der Waals surface area contributed by atoms with Crippen LogP contribution in [-0.2, 0) is 14.9 Å². The van der Waals surface area contributed by atoms with Crippen molar-refractivity contribution in [2.24, 2.45) is 0 Å². The molecule has 0 atom stereocenters. The second kappa shape index (κ2) is 6.55. The second-order valence-corrected chi connectivity index (χ2v) is 6.79. The normalized spacial score (nSPS) is 11.9. The predicted molar refractivity (Wildman–Crippen MR) is 95.2 cm³/mol. The van der Waals surface area contributed by atoms with Gasteiger partial charge in [0, 0.05) is 17.0 Å². The van der Waals surface area contributed by atoms with E-state index in [1.54, 1.807) is 6.07 Å². The highest BCUT2D eigenvalue weighted by molar-refractivity contribution is 6.08. The molecule has 0 spiro atoms. The molecule has 2 aromatic rings. The third-order valence-electron chi connectivity index (χ3n) is 4.06. The van der Waals surface area contributed by atoms with Gasteiger partial charge in [-0.2, -0.15) is 0 Å². The number of nitrogens with zero attached hydrogens (tertiary/aromatic N) is 1. The van der Waals surface area contributed by atoms with Crippen LogP contribution in [0.1, 0.15) is 48.0 Å². The van der Waals surface area contributed by atoms with E-state index in [2.05, 4.69) is 4.74 Å². The smallest absolute Gasteiger partial charge is 0.416 e. The minimum Gasteiger partial charge on any atom is -0.466 e. The minimum atomic E-state index is -1.23. The molecule has 0 bridgehead atoms. The van der Waals surface area contributed by atoms with Crippen LogP contribution in [0.2, 0.25) is 0 Å². The highest BCUT2D eigenvalue weighted by atomic mass is 16.5. The molecule has 0 saturated heterocycles. The summed E-state index contributed by atoms with van der Waals surface area (Å²) < 4.78 is 5.57. The second-order valence-electron chi connectivity index (χ2n) is 6.79. The number of esters is 1. The van der Waals surface area contributed by atoms with E-state index in [0.717, 1.165) is 21.8 Å². The van der Waals surface area contributed by atoms with E-state index in [9.17, 15) is 19.5 Å². The molecular formula is C19H21NO5. The summed E-state index contributed by atoms with van der Waals surface area (Å²) in [6.45, 7) is 7.94. The van der Waals surface area contributed by atoms with Gasteiger partial charge in [0.1, 0.15) is 0 Å². The van der Waals surface area contributed by atoms with E-state index in [-0.39, 0.29) is 16.7 Å². The van der Waals surface area contributed by atoms with Crippen molar-refractivity contribution in [1.82, 2.24) is 4.57 Å². The van der Waals surface area contributed by atoms with Gasteiger partial charge >= 0.3 is 12.1 Å². The molecule has 6 nitrogen and oxygen atoms in total. The summed E-state index contributed by atoms with van der Waals surface area (Å²) >= 11 is 0. The first-order valence-electron chi connectivity index (χ1n) is 7.76. The molecule has 1 heterocycles. The molecule has 0 aliphatic carbocycles. The molecular weight excluding hydrogens is 322 g/mol. The number of hydrogen-bond donors (Lipinski definition) is 1. The van der Waals surface area contributed by atoms with Crippen molar-refractivity contribution in [1.29, 1.82) is 0 Å². The van der Waals surface area contributed by atoms with Gasteiger partial charge in [-0.1, -0.05) is 26.8 Å². The Morgan fingerprint density at radius 1 is 1.24 bits per heavy atom. The first-order chi connectivity index (χ1) is 11.6. The number of benzene rings is 1. The summed E-state index contributed by atoms with van der Waals surface area (Å²) in [5, 5.41) is 10.2. The van der Waals surface area contributed by atoms with Gasteiger partial charge in [-0.05, 0) is 35.6 Å². The number of fused-ring (bicyclic) bond motifs is 1. The van der Waals surface area contributed by atoms with E-state index >= 15 is 0 Å². The zero-order valence-corrected chi connectivity index (χ0v) is 14.9. The quantitative estimate of drug-likeness (QED) is 0.521. The molecule has 2 rings (SSSR count). The van der Waals surface area contributed by atoms with E-state index in [0.29, 0.717) is 17.2 Å². The summed E-state index contributed by atoms with van der Waals surface area (Å²) in [5.74, 6) is -0.633. The van der Waals surface area contributed by atoms with Crippen LogP contribution in [0, 0.1) is 6.92 Å². The maximum Gasteiger partial charge on any atom is 0.416 e. The molecule has 25 heavy (non-hydrogen) atoms. The lowest BCUT2D eigenvalue weighted by Crippen LogP contribution is -2.14. The highest BCUT2D eigenvalue weighted by Gasteiger charge is 2.27. The van der Waals surface area contributed by atoms with Crippen molar-refractivity contribution >= 4 is 35.3 Å². The third kappa shape index (κ3) is 3.20. The Labute approximate surface area is 145 Å². The number of hydrogen-bond acceptors (Lipinski definition) is 4. The van der Waals surface area contributed by atoms with Crippen LogP contribution in [0.25, 0.3) is 17.0 Å². The number of aryl methyl sites for hydroxylation is 1. The van der Waals surface area contributed by atoms with Gasteiger partial charge in [0.2, 0.25) is 0 Å². The molecule has 0 amide bonds. The van der Waals surface area contributed by atoms with Crippen molar-refractivity contribution in [3.8, 4) is 0 Å². The Bertz CT molecular complexity index is 897. The Balaban J connectivity index is 3.01. The molecule has 0 saturated carbocycles. The molecule has 0 aliphatic heterocycles. The van der Waals surface area contributed by atoms with Crippen LogP contribution < -0.4 is 0 Å². The van der Waals surface area contributed by atoms with Crippen LogP contribution in [0.5, 0.6) is 0 Å². The summed E-state index contributed by atoms with van der Waals surface area (Å²) in [6.07, 6.45) is 1.80. The van der Waals surface area contributed by atoms with Crippen molar-refractivity contribution in [2.75, 3.05) is 7.11 Å². The van der Waals surface area contributed by atoms with Gasteiger partial charge in [-0.25, -0.2) is 14.2 Å². The van der Waals surface area contributed by atoms with Gasteiger partial charge in [-0.3, -0.25) is 4.79 Å². The average Bonchev–Trinajstić information content (AvgIpc) is 2.84. The van der Waals surface area contributed by atoms with Crippen LogP contribution in [-0.4, -0.2) is 35.1 Å². The summed E-state index contributed by atoms with van der Waals surface area (Å²) in [4.78, 5) is 35.1. The molecule has 1 N–H and O–H groups in total. The van der Waals surface area contributed by atoms with Gasteiger partial charge in [-0.15, -0.1) is 0 Å². The zero-order chi connectivity index (χ0) is 18.9. The lowest BCUT2D eigenvalue weighted by molar-refractivity contribution is -0.134. The molecule has 0 fully saturated rings. The van der Waals surface area contributed by atoms with E-state index < -0.39 is 12.1 Å². The number of aromatic nitrogens is 1. The van der Waals surface area contributed by atoms with Crippen LogP contribution >= 0.6 is 0 Å². The fraction of sp³-hybridized carbons (Fsp3) is 0.316. The minimum absolute atomic E-state index is 0.138. The van der Waals surface area contributed by atoms with Gasteiger partial charge in [0.25, 0.3) is 0 Å². The Hall–Kier alpha value is -2.89. The molecule has 1 aromatic carbocycles. The predicted octanol–water partition coefficient (Wildman–Crippen LogP) is 3.77. The topological polar surface area (TPSA) is 85.6 Å². The first kappa shape index (κ1) is 18.4. The van der Waals surface area contributed by atoms with Crippen molar-refractivity contribution in [3.05, 3.63) is 40.6 Å². The Morgan fingerprint density at radius 2 is 1.88 bits per heavy atom. The van der Waals surface area contributed by atoms with Crippen molar-refractivity contribution < 1.29 is 24.2 Å². The molecule has 0 aliphatic rings. The molecule has 0 unspecified atom stereocenters. The van der Waals surface area contributed by atoms with Gasteiger partial charge < -0.3 is 9.84 Å². The third-order valence-corrected chi connectivity index (χ3v) is 4.06. The van der Waals surface area contributed by atoms with Crippen LogP contribution in [0.3, 0.4) is 0 Å². The lowest BCUT2D eigenvalue weighted by atomic mass is 9.81. The first-order valence-corrected chi connectivity index (χ1v) is 7.76. The van der Waals surface area contributed by atoms with Crippen LogP contribution in [0.4, 0.5) is 4.79 Å². The van der Waals surface area contributed by atoms with E-state index in [4.69, 9.17) is 0 Å². The highest BCUT2D eigenvalue weighted by Crippen LogP contribution is 2.37. The van der Waals surface area contributed by atoms with Crippen molar-refractivity contribution in [2.45, 2.75) is 33.1 Å². The van der Waals surface area contributed by atoms with E-state index in [1.807, 2.05) is 33.8 Å². The molecule has 1 aromatic heterocycles. The SMILES string of the molecule is COC(=O)C=Cc1c(C=O)c2c(C(C)(C)C)c(C)ccc2n1C(=O)O. The molecule has 6 heteroatoms. The van der Waals surface area contributed by atoms with Gasteiger partial charge in [0.05, 0.1) is 18.3 Å². The number of carbonyl (C=O) groups is 3. The Morgan fingerprint density at radius 3 is 2.36 bits per heavy atom. The summed E-state index contributed by atoms with van der Waals surface area (Å²) in [7, 11) is 1.22. The van der Waals surface area contributed by atoms with Gasteiger partial charge in [0.15, 0.2) is 6.29 Å². The van der Waals surface area contributed by atoms with Crippen molar-refractivity contribution in [3.63, 3.8) is 0 Å². The fourth-order valence-electron chi connectivity index (χ4n) is 3.20. The fourth-order valence-corrected chi connectivity index (χ4v) is 3.20. The maximum atomic E-state index is 11.8. The zero-order valence-electron chi connectivity index (χ0n) is 14.9. The number of methoxy groups -OCH3 is 1. The number of carboxylic acid groups (broad SMARTS) is 1. The summed E-state index contributed by atoms with van der Waals surface area (Å²) in [6, 6.07) is 3.52. The maximum absolute atomic E-state index is 11.8. The molecule has 132 valence electrons. The number of ether oxygens (including phenoxy) is 1. The number of aldehydes is 1. The largest absolute Gasteiger partial charge is 0.466 e. The monoisotopic (exact) mass is 343 g/mol. The summed E-state index contributed by atoms with van der Waals surface area (Å²) in [5.41, 5.74) is 2.36. The molecule has 0 radical (unpaired) electrons. The standard InChI is InChI=1S/C19H21NO5/c1-11-6-7-14-16(17(11)19(2,3)4)12(10-21)13(20(14)18(23)24)8-9-15(22)25-5/h6-10H,1-5H3,(H,23,24). The Kier molecular flexibility index (Phi) is 4.83. The number of rotatable bonds is 3. The lowest BCUT2D eigenvalue weighted by Gasteiger charge is -2.23. The van der Waals surface area contributed by atoms with E-state index in [1.165, 1.54) is 13.2 Å². The average molecular weight is 343 g/mol.